The molecule has 0 bridgehead atoms. The van der Waals surface area contributed by atoms with Gasteiger partial charge in [0.15, 0.2) is 0 Å². The highest BCUT2D eigenvalue weighted by molar-refractivity contribution is 6.02. The van der Waals surface area contributed by atoms with Crippen LogP contribution < -0.4 is 11.3 Å². The van der Waals surface area contributed by atoms with Gasteiger partial charge in [0.2, 0.25) is 0 Å². The van der Waals surface area contributed by atoms with Crippen LogP contribution in [0, 0.1) is 6.92 Å². The fourth-order valence-corrected chi connectivity index (χ4v) is 3.70. The summed E-state index contributed by atoms with van der Waals surface area (Å²) < 4.78 is 0. The van der Waals surface area contributed by atoms with Crippen LogP contribution in [0.2, 0.25) is 0 Å². The van der Waals surface area contributed by atoms with E-state index >= 15 is 0 Å². The first-order chi connectivity index (χ1) is 12.1. The summed E-state index contributed by atoms with van der Waals surface area (Å²) in [5.74, 6) is 4.68. The van der Waals surface area contributed by atoms with Gasteiger partial charge in [-0.15, -0.1) is 0 Å². The molecule has 4 rings (SSSR count). The van der Waals surface area contributed by atoms with E-state index in [4.69, 9.17) is 5.84 Å². The van der Waals surface area contributed by atoms with Gasteiger partial charge < -0.3 is 9.88 Å². The smallest absolute Gasteiger partial charge is 0.255 e. The van der Waals surface area contributed by atoms with Crippen molar-refractivity contribution in [2.45, 2.75) is 13.0 Å². The molecular formula is C19H18N4O2. The molecule has 126 valence electrons. The summed E-state index contributed by atoms with van der Waals surface area (Å²) in [6.07, 6.45) is 0. The summed E-state index contributed by atoms with van der Waals surface area (Å²) >= 11 is 0. The quantitative estimate of drug-likeness (QED) is 0.389. The maximum absolute atomic E-state index is 12.9. The molecule has 0 saturated carbocycles. The van der Waals surface area contributed by atoms with Crippen LogP contribution in [0.25, 0.3) is 10.9 Å². The van der Waals surface area contributed by atoms with Crippen LogP contribution >= 0.6 is 0 Å². The molecule has 1 aromatic heterocycles. The number of hydrazine groups is 1. The largest absolute Gasteiger partial charge is 0.358 e. The SMILES string of the molecule is Cc1[nH]c2ccccc2c1C1c2ccccc2C(=O)N1CC(=O)NN. The molecule has 1 atom stereocenters. The molecule has 0 fully saturated rings. The van der Waals surface area contributed by atoms with Crippen molar-refractivity contribution in [2.75, 3.05) is 6.54 Å². The number of hydrogen-bond donors (Lipinski definition) is 3. The minimum atomic E-state index is -0.399. The molecule has 3 aromatic rings. The van der Waals surface area contributed by atoms with E-state index in [2.05, 4.69) is 10.4 Å². The number of benzene rings is 2. The number of carbonyl (C=O) groups excluding carboxylic acids is 2. The van der Waals surface area contributed by atoms with Crippen molar-refractivity contribution in [3.63, 3.8) is 0 Å². The number of nitrogens with two attached hydrogens (primary N) is 1. The number of aromatic nitrogens is 1. The molecule has 6 heteroatoms. The van der Waals surface area contributed by atoms with Gasteiger partial charge >= 0.3 is 0 Å². The minimum Gasteiger partial charge on any atom is -0.358 e. The lowest BCUT2D eigenvalue weighted by Crippen LogP contribution is -2.42. The van der Waals surface area contributed by atoms with Crippen LogP contribution in [0.5, 0.6) is 0 Å². The first-order valence-corrected chi connectivity index (χ1v) is 8.08. The molecule has 2 amide bonds. The maximum Gasteiger partial charge on any atom is 0.255 e. The highest BCUT2D eigenvalue weighted by atomic mass is 16.2. The Labute approximate surface area is 144 Å². The Balaban J connectivity index is 1.93. The van der Waals surface area contributed by atoms with Gasteiger partial charge in [-0.3, -0.25) is 15.0 Å². The van der Waals surface area contributed by atoms with E-state index in [0.717, 1.165) is 27.7 Å². The lowest BCUT2D eigenvalue weighted by Gasteiger charge is -2.25. The lowest BCUT2D eigenvalue weighted by molar-refractivity contribution is -0.122. The fraction of sp³-hybridized carbons (Fsp3) is 0.158. The van der Waals surface area contributed by atoms with E-state index in [1.165, 1.54) is 0 Å². The van der Waals surface area contributed by atoms with Gasteiger partial charge in [0.25, 0.3) is 11.8 Å². The minimum absolute atomic E-state index is 0.0897. The molecule has 2 heterocycles. The van der Waals surface area contributed by atoms with E-state index in [0.29, 0.717) is 5.56 Å². The lowest BCUT2D eigenvalue weighted by atomic mass is 9.95. The average molecular weight is 334 g/mol. The maximum atomic E-state index is 12.9. The third-order valence-electron chi connectivity index (χ3n) is 4.75. The van der Waals surface area contributed by atoms with Gasteiger partial charge in [-0.2, -0.15) is 0 Å². The second-order valence-corrected chi connectivity index (χ2v) is 6.20. The normalized spacial score (nSPS) is 16.3. The molecule has 2 aromatic carbocycles. The number of nitrogens with one attached hydrogen (secondary N) is 2. The molecule has 0 saturated heterocycles. The first kappa shape index (κ1) is 15.4. The second kappa shape index (κ2) is 5.75. The Kier molecular flexibility index (Phi) is 3.54. The Morgan fingerprint density at radius 1 is 1.20 bits per heavy atom. The summed E-state index contributed by atoms with van der Waals surface area (Å²) in [5, 5.41) is 1.05. The fourth-order valence-electron chi connectivity index (χ4n) is 3.70. The van der Waals surface area contributed by atoms with Crippen LogP contribution in [0.3, 0.4) is 0 Å². The number of carbonyl (C=O) groups is 2. The standard InChI is InChI=1S/C19H18N4O2/c1-11-17(14-8-4-5-9-15(14)21-11)18-12-6-2-3-7-13(12)19(25)23(18)10-16(24)22-20/h2-9,18,21H,10,20H2,1H3,(H,22,24). The summed E-state index contributed by atoms with van der Waals surface area (Å²) in [4.78, 5) is 29.7. The van der Waals surface area contributed by atoms with Gasteiger partial charge in [0, 0.05) is 27.7 Å². The number of aryl methyl sites for hydroxylation is 1. The van der Waals surface area contributed by atoms with Crippen molar-refractivity contribution in [3.05, 3.63) is 70.9 Å². The summed E-state index contributed by atoms with van der Waals surface area (Å²) in [5.41, 5.74) is 6.65. The van der Waals surface area contributed by atoms with Crippen molar-refractivity contribution < 1.29 is 9.59 Å². The number of para-hydroxylation sites is 1. The third kappa shape index (κ3) is 2.30. The predicted molar refractivity (Wildman–Crippen MR) is 94.7 cm³/mol. The van der Waals surface area contributed by atoms with Crippen LogP contribution in [-0.2, 0) is 4.79 Å². The van der Waals surface area contributed by atoms with Crippen LogP contribution in [0.1, 0.15) is 33.2 Å². The number of hydrogen-bond acceptors (Lipinski definition) is 3. The van der Waals surface area contributed by atoms with E-state index in [9.17, 15) is 9.59 Å². The van der Waals surface area contributed by atoms with Gasteiger partial charge in [0.1, 0.15) is 6.54 Å². The van der Waals surface area contributed by atoms with E-state index in [-0.39, 0.29) is 18.5 Å². The number of aromatic amines is 1. The van der Waals surface area contributed by atoms with Crippen LogP contribution in [-0.4, -0.2) is 28.2 Å². The Bertz CT molecular complexity index is 992. The summed E-state index contributed by atoms with van der Waals surface area (Å²) in [7, 11) is 0. The Hall–Kier alpha value is -3.12. The van der Waals surface area contributed by atoms with Gasteiger partial charge in [-0.1, -0.05) is 36.4 Å². The van der Waals surface area contributed by atoms with Crippen molar-refractivity contribution in [3.8, 4) is 0 Å². The van der Waals surface area contributed by atoms with Gasteiger partial charge in [-0.05, 0) is 24.6 Å². The molecule has 0 radical (unpaired) electrons. The zero-order valence-corrected chi connectivity index (χ0v) is 13.7. The molecular weight excluding hydrogens is 316 g/mol. The van der Waals surface area contributed by atoms with Crippen molar-refractivity contribution in [1.29, 1.82) is 0 Å². The highest BCUT2D eigenvalue weighted by Crippen LogP contribution is 2.42. The van der Waals surface area contributed by atoms with Crippen molar-refractivity contribution in [2.24, 2.45) is 5.84 Å². The van der Waals surface area contributed by atoms with Crippen molar-refractivity contribution in [1.82, 2.24) is 15.3 Å². The summed E-state index contributed by atoms with van der Waals surface area (Å²) in [6, 6.07) is 15.1. The van der Waals surface area contributed by atoms with Gasteiger partial charge in [-0.25, -0.2) is 5.84 Å². The molecule has 1 unspecified atom stereocenters. The monoisotopic (exact) mass is 334 g/mol. The molecule has 6 nitrogen and oxygen atoms in total. The zero-order valence-electron chi connectivity index (χ0n) is 13.7. The van der Waals surface area contributed by atoms with E-state index in [1.807, 2.05) is 49.4 Å². The van der Waals surface area contributed by atoms with E-state index < -0.39 is 5.91 Å². The van der Waals surface area contributed by atoms with Crippen LogP contribution in [0.4, 0.5) is 0 Å². The topological polar surface area (TPSA) is 91.2 Å². The van der Waals surface area contributed by atoms with Crippen molar-refractivity contribution >= 4 is 22.7 Å². The van der Waals surface area contributed by atoms with E-state index in [1.54, 1.807) is 11.0 Å². The second-order valence-electron chi connectivity index (χ2n) is 6.20. The molecule has 1 aliphatic heterocycles. The molecule has 0 aliphatic carbocycles. The number of amides is 2. The van der Waals surface area contributed by atoms with Gasteiger partial charge in [0.05, 0.1) is 6.04 Å². The number of nitrogens with zero attached hydrogens (tertiary/aromatic N) is 1. The molecule has 25 heavy (non-hydrogen) atoms. The molecule has 1 aliphatic rings. The summed E-state index contributed by atoms with van der Waals surface area (Å²) in [6.45, 7) is 1.90. The Morgan fingerprint density at radius 2 is 1.92 bits per heavy atom. The third-order valence-corrected chi connectivity index (χ3v) is 4.75. The number of H-pyrrole nitrogens is 1. The first-order valence-electron chi connectivity index (χ1n) is 8.08. The predicted octanol–water partition coefficient (Wildman–Crippen LogP) is 2.01. The van der Waals surface area contributed by atoms with Crippen LogP contribution in [0.15, 0.2) is 48.5 Å². The molecule has 0 spiro atoms. The number of rotatable bonds is 3. The average Bonchev–Trinajstić information content (AvgIpc) is 3.09. The highest BCUT2D eigenvalue weighted by Gasteiger charge is 2.40. The molecule has 4 N–H and O–H groups in total. The zero-order chi connectivity index (χ0) is 17.6. The number of fused-ring (bicyclic) bond motifs is 2. The Morgan fingerprint density at radius 3 is 2.72 bits per heavy atom.